The minimum Gasteiger partial charge on any atom is -0.382 e. The molecule has 0 bridgehead atoms. The first kappa shape index (κ1) is 11.8. The molecule has 3 heteroatoms. The molecule has 0 atom stereocenters. The predicted molar refractivity (Wildman–Crippen MR) is 76.3 cm³/mol. The van der Waals surface area contributed by atoms with Crippen LogP contribution < -0.4 is 10.2 Å². The zero-order valence-electron chi connectivity index (χ0n) is 11.5. The summed E-state index contributed by atoms with van der Waals surface area (Å²) in [6.45, 7) is 3.15. The molecule has 3 rings (SSSR count). The molecule has 1 aliphatic carbocycles. The van der Waals surface area contributed by atoms with Crippen molar-refractivity contribution in [3.05, 3.63) is 17.8 Å². The Morgan fingerprint density at radius 2 is 1.94 bits per heavy atom. The average molecular weight is 245 g/mol. The van der Waals surface area contributed by atoms with Gasteiger partial charge in [-0.25, -0.2) is 4.98 Å². The standard InChI is InChI=1S/C15H23N3/c1-12-6-7-13-14(17-12)18(2)15(10-11-16-13)8-4-3-5-9-15/h6-7,16H,3-5,8-11H2,1-2H3. The minimum atomic E-state index is 0.345. The number of anilines is 2. The van der Waals surface area contributed by atoms with Gasteiger partial charge in [0, 0.05) is 24.8 Å². The number of aryl methyl sites for hydroxylation is 1. The SMILES string of the molecule is Cc1ccc2c(n1)N(C)C1(CCCCC1)CCN2. The highest BCUT2D eigenvalue weighted by Gasteiger charge is 2.38. The van der Waals surface area contributed by atoms with Crippen molar-refractivity contribution in [2.24, 2.45) is 0 Å². The van der Waals surface area contributed by atoms with Crippen LogP contribution in [0.15, 0.2) is 12.1 Å². The Morgan fingerprint density at radius 1 is 1.17 bits per heavy atom. The van der Waals surface area contributed by atoms with Crippen molar-refractivity contribution in [1.29, 1.82) is 0 Å². The molecule has 98 valence electrons. The summed E-state index contributed by atoms with van der Waals surface area (Å²) < 4.78 is 0. The highest BCUT2D eigenvalue weighted by Crippen LogP contribution is 2.41. The van der Waals surface area contributed by atoms with Gasteiger partial charge >= 0.3 is 0 Å². The van der Waals surface area contributed by atoms with Gasteiger partial charge in [0.25, 0.3) is 0 Å². The summed E-state index contributed by atoms with van der Waals surface area (Å²) in [6, 6.07) is 4.27. The van der Waals surface area contributed by atoms with E-state index in [1.165, 1.54) is 44.2 Å². The van der Waals surface area contributed by atoms with Crippen LogP contribution in [-0.4, -0.2) is 24.1 Å². The van der Waals surface area contributed by atoms with Crippen LogP contribution in [-0.2, 0) is 0 Å². The molecule has 0 unspecified atom stereocenters. The molecule has 1 aromatic rings. The molecule has 1 fully saturated rings. The summed E-state index contributed by atoms with van der Waals surface area (Å²) >= 11 is 0. The normalized spacial score (nSPS) is 22.2. The van der Waals surface area contributed by atoms with E-state index in [2.05, 4.69) is 36.3 Å². The van der Waals surface area contributed by atoms with Crippen LogP contribution in [0.3, 0.4) is 0 Å². The average Bonchev–Trinajstić information content (AvgIpc) is 2.51. The maximum atomic E-state index is 4.77. The van der Waals surface area contributed by atoms with Crippen LogP contribution >= 0.6 is 0 Å². The first-order valence-electron chi connectivity index (χ1n) is 7.17. The first-order chi connectivity index (χ1) is 8.71. The maximum Gasteiger partial charge on any atom is 0.152 e. The van der Waals surface area contributed by atoms with Crippen LogP contribution in [0.4, 0.5) is 11.5 Å². The second kappa shape index (κ2) is 4.45. The summed E-state index contributed by atoms with van der Waals surface area (Å²) in [6.07, 6.45) is 8.01. The van der Waals surface area contributed by atoms with E-state index in [4.69, 9.17) is 4.98 Å². The Bertz CT molecular complexity index is 435. The smallest absolute Gasteiger partial charge is 0.152 e. The number of rotatable bonds is 0. The number of nitrogens with one attached hydrogen (secondary N) is 1. The largest absolute Gasteiger partial charge is 0.382 e. The van der Waals surface area contributed by atoms with Crippen LogP contribution in [0.1, 0.15) is 44.2 Å². The quantitative estimate of drug-likeness (QED) is 0.760. The third-order valence-electron chi connectivity index (χ3n) is 4.73. The number of hydrogen-bond acceptors (Lipinski definition) is 3. The molecule has 1 aromatic heterocycles. The van der Waals surface area contributed by atoms with Crippen molar-refractivity contribution in [2.45, 2.75) is 51.0 Å². The Hall–Kier alpha value is -1.25. The first-order valence-corrected chi connectivity index (χ1v) is 7.17. The molecule has 1 spiro atoms. The van der Waals surface area contributed by atoms with Crippen molar-refractivity contribution in [2.75, 3.05) is 23.8 Å². The van der Waals surface area contributed by atoms with Crippen LogP contribution in [0.2, 0.25) is 0 Å². The van der Waals surface area contributed by atoms with E-state index >= 15 is 0 Å². The second-order valence-corrected chi connectivity index (χ2v) is 5.84. The van der Waals surface area contributed by atoms with E-state index in [-0.39, 0.29) is 0 Å². The van der Waals surface area contributed by atoms with Crippen molar-refractivity contribution in [1.82, 2.24) is 4.98 Å². The van der Waals surface area contributed by atoms with Gasteiger partial charge in [-0.15, -0.1) is 0 Å². The molecule has 0 saturated heterocycles. The van der Waals surface area contributed by atoms with E-state index in [1.54, 1.807) is 0 Å². The van der Waals surface area contributed by atoms with E-state index in [9.17, 15) is 0 Å². The fourth-order valence-electron chi connectivity index (χ4n) is 3.55. The topological polar surface area (TPSA) is 28.2 Å². The number of hydrogen-bond donors (Lipinski definition) is 1. The monoisotopic (exact) mass is 245 g/mol. The maximum absolute atomic E-state index is 4.77. The lowest BCUT2D eigenvalue weighted by atomic mass is 9.78. The van der Waals surface area contributed by atoms with Crippen LogP contribution in [0.5, 0.6) is 0 Å². The Kier molecular flexibility index (Phi) is 2.92. The molecule has 0 radical (unpaired) electrons. The summed E-state index contributed by atoms with van der Waals surface area (Å²) in [4.78, 5) is 7.23. The molecule has 2 heterocycles. The van der Waals surface area contributed by atoms with Crippen molar-refractivity contribution >= 4 is 11.5 Å². The molecule has 2 aliphatic rings. The Morgan fingerprint density at radius 3 is 2.72 bits per heavy atom. The highest BCUT2D eigenvalue weighted by molar-refractivity contribution is 5.67. The molecule has 1 saturated carbocycles. The van der Waals surface area contributed by atoms with Crippen molar-refractivity contribution in [3.63, 3.8) is 0 Å². The summed E-state index contributed by atoms with van der Waals surface area (Å²) in [5.41, 5.74) is 2.65. The van der Waals surface area contributed by atoms with Gasteiger partial charge in [-0.1, -0.05) is 19.3 Å². The number of fused-ring (bicyclic) bond motifs is 1. The summed E-state index contributed by atoms with van der Waals surface area (Å²) in [5.74, 6) is 1.15. The van der Waals surface area contributed by atoms with Gasteiger partial charge in [0.05, 0.1) is 5.69 Å². The zero-order chi connectivity index (χ0) is 12.6. The molecule has 1 aliphatic heterocycles. The van der Waals surface area contributed by atoms with E-state index in [0.717, 1.165) is 18.1 Å². The van der Waals surface area contributed by atoms with Crippen LogP contribution in [0, 0.1) is 6.92 Å². The van der Waals surface area contributed by atoms with Gasteiger partial charge in [0.15, 0.2) is 5.82 Å². The van der Waals surface area contributed by atoms with Gasteiger partial charge in [0.1, 0.15) is 0 Å². The lowest BCUT2D eigenvalue weighted by Gasteiger charge is -2.44. The van der Waals surface area contributed by atoms with Crippen molar-refractivity contribution < 1.29 is 0 Å². The second-order valence-electron chi connectivity index (χ2n) is 5.84. The molecule has 18 heavy (non-hydrogen) atoms. The zero-order valence-corrected chi connectivity index (χ0v) is 11.5. The lowest BCUT2D eigenvalue weighted by Crippen LogP contribution is -2.48. The molecule has 1 N–H and O–H groups in total. The third kappa shape index (κ3) is 1.86. The fraction of sp³-hybridized carbons (Fsp3) is 0.667. The van der Waals surface area contributed by atoms with Gasteiger partial charge < -0.3 is 10.2 Å². The van der Waals surface area contributed by atoms with Gasteiger partial charge in [-0.2, -0.15) is 0 Å². The summed E-state index contributed by atoms with van der Waals surface area (Å²) in [7, 11) is 2.24. The molecule has 0 amide bonds. The summed E-state index contributed by atoms with van der Waals surface area (Å²) in [5, 5.41) is 3.55. The van der Waals surface area contributed by atoms with Crippen LogP contribution in [0.25, 0.3) is 0 Å². The Labute approximate surface area is 110 Å². The van der Waals surface area contributed by atoms with Gasteiger partial charge in [-0.3, -0.25) is 0 Å². The molecular formula is C15H23N3. The predicted octanol–water partition coefficient (Wildman–Crippen LogP) is 3.34. The van der Waals surface area contributed by atoms with Gasteiger partial charge in [-0.05, 0) is 38.3 Å². The molecule has 0 aromatic carbocycles. The highest BCUT2D eigenvalue weighted by atomic mass is 15.3. The number of nitrogens with zero attached hydrogens (tertiary/aromatic N) is 2. The molecule has 3 nitrogen and oxygen atoms in total. The van der Waals surface area contributed by atoms with E-state index < -0.39 is 0 Å². The number of pyridine rings is 1. The number of aromatic nitrogens is 1. The van der Waals surface area contributed by atoms with Crippen molar-refractivity contribution in [3.8, 4) is 0 Å². The fourth-order valence-corrected chi connectivity index (χ4v) is 3.55. The van der Waals surface area contributed by atoms with Gasteiger partial charge in [0.2, 0.25) is 0 Å². The third-order valence-corrected chi connectivity index (χ3v) is 4.73. The van der Waals surface area contributed by atoms with E-state index in [1.807, 2.05) is 0 Å². The minimum absolute atomic E-state index is 0.345. The molecular weight excluding hydrogens is 222 g/mol. The Balaban J connectivity index is 2.01. The lowest BCUT2D eigenvalue weighted by molar-refractivity contribution is 0.273. The van der Waals surface area contributed by atoms with E-state index in [0.29, 0.717) is 5.54 Å².